The van der Waals surface area contributed by atoms with Crippen LogP contribution in [-0.4, -0.2) is 41.6 Å². The Labute approximate surface area is 140 Å². The first-order valence-electron chi connectivity index (χ1n) is 8.15. The summed E-state index contributed by atoms with van der Waals surface area (Å²) in [6.45, 7) is 3.09. The summed E-state index contributed by atoms with van der Waals surface area (Å²) in [5.74, 6) is -3.94. The fourth-order valence-corrected chi connectivity index (χ4v) is 3.04. The van der Waals surface area contributed by atoms with Crippen LogP contribution in [0.3, 0.4) is 0 Å². The Hall–Kier alpha value is -2.21. The first kappa shape index (κ1) is 18.1. The second-order valence-electron chi connectivity index (χ2n) is 5.67. The van der Waals surface area contributed by atoms with Gasteiger partial charge < -0.3 is 14.6 Å². The van der Waals surface area contributed by atoms with Gasteiger partial charge in [-0.25, -0.2) is 9.59 Å². The highest BCUT2D eigenvalue weighted by atomic mass is 16.6. The number of carbonyl (C=O) groups excluding carboxylic acids is 3. The lowest BCUT2D eigenvalue weighted by Crippen LogP contribution is -2.56. The van der Waals surface area contributed by atoms with Crippen LogP contribution in [0, 0.1) is 5.92 Å². The van der Waals surface area contributed by atoms with Crippen molar-refractivity contribution in [1.29, 1.82) is 0 Å². The summed E-state index contributed by atoms with van der Waals surface area (Å²) in [7, 11) is 0. The van der Waals surface area contributed by atoms with Gasteiger partial charge in [0.05, 0.1) is 19.1 Å². The van der Waals surface area contributed by atoms with Crippen LogP contribution in [0.15, 0.2) is 24.3 Å². The van der Waals surface area contributed by atoms with Crippen LogP contribution in [0.25, 0.3) is 0 Å². The van der Waals surface area contributed by atoms with Gasteiger partial charge in [0.2, 0.25) is 0 Å². The van der Waals surface area contributed by atoms with Gasteiger partial charge in [-0.1, -0.05) is 24.3 Å². The minimum absolute atomic E-state index is 0.0158. The molecule has 0 aromatic heterocycles. The molecule has 24 heavy (non-hydrogen) atoms. The van der Waals surface area contributed by atoms with Crippen LogP contribution in [0.1, 0.15) is 42.6 Å². The largest absolute Gasteiger partial charge is 0.463 e. The Morgan fingerprint density at radius 2 is 1.75 bits per heavy atom. The van der Waals surface area contributed by atoms with Crippen molar-refractivity contribution in [1.82, 2.24) is 0 Å². The number of hydrogen-bond donors (Lipinski definition) is 1. The van der Waals surface area contributed by atoms with E-state index in [1.165, 1.54) is 0 Å². The smallest absolute Gasteiger partial charge is 0.350 e. The fourth-order valence-electron chi connectivity index (χ4n) is 3.04. The number of Topliss-reactive ketones (excluding diaryl/α,β-unsaturated/α-hetero) is 1. The molecule has 1 atom stereocenters. The third-order valence-corrected chi connectivity index (χ3v) is 4.22. The van der Waals surface area contributed by atoms with E-state index in [2.05, 4.69) is 0 Å². The van der Waals surface area contributed by atoms with Gasteiger partial charge in [-0.05, 0) is 38.7 Å². The molecule has 6 heteroatoms. The molecular weight excluding hydrogens is 312 g/mol. The predicted octanol–water partition coefficient (Wildman–Crippen LogP) is 1.68. The van der Waals surface area contributed by atoms with E-state index in [-0.39, 0.29) is 19.6 Å². The summed E-state index contributed by atoms with van der Waals surface area (Å²) in [4.78, 5) is 37.6. The fraction of sp³-hybridized carbons (Fsp3) is 0.500. The first-order chi connectivity index (χ1) is 11.5. The van der Waals surface area contributed by atoms with Gasteiger partial charge in [-0.3, -0.25) is 4.79 Å². The lowest BCUT2D eigenvalue weighted by molar-refractivity contribution is -0.188. The van der Waals surface area contributed by atoms with E-state index in [9.17, 15) is 19.5 Å². The molecule has 0 heterocycles. The van der Waals surface area contributed by atoms with Crippen LogP contribution in [0.5, 0.6) is 0 Å². The molecule has 0 radical (unpaired) electrons. The van der Waals surface area contributed by atoms with Crippen LogP contribution in [-0.2, 0) is 25.5 Å². The van der Waals surface area contributed by atoms with Gasteiger partial charge in [0, 0.05) is 5.56 Å². The Bertz CT molecular complexity index is 618. The van der Waals surface area contributed by atoms with Crippen molar-refractivity contribution in [3.63, 3.8) is 0 Å². The first-order valence-corrected chi connectivity index (χ1v) is 8.15. The monoisotopic (exact) mass is 334 g/mol. The molecule has 2 rings (SSSR count). The van der Waals surface area contributed by atoms with Crippen LogP contribution in [0.4, 0.5) is 0 Å². The van der Waals surface area contributed by atoms with Gasteiger partial charge in [-0.15, -0.1) is 0 Å². The molecule has 6 nitrogen and oxygen atoms in total. The highest BCUT2D eigenvalue weighted by Crippen LogP contribution is 2.33. The number of fused-ring (bicyclic) bond motifs is 1. The van der Waals surface area contributed by atoms with E-state index in [1.54, 1.807) is 26.0 Å². The summed E-state index contributed by atoms with van der Waals surface area (Å²) >= 11 is 0. The molecule has 1 aliphatic rings. The number of rotatable bonds is 5. The van der Waals surface area contributed by atoms with E-state index in [4.69, 9.17) is 9.47 Å². The van der Waals surface area contributed by atoms with Crippen molar-refractivity contribution in [3.8, 4) is 0 Å². The quantitative estimate of drug-likeness (QED) is 0.500. The van der Waals surface area contributed by atoms with Crippen molar-refractivity contribution in [2.45, 2.75) is 38.7 Å². The number of hydrogen-bond acceptors (Lipinski definition) is 6. The average Bonchev–Trinajstić information content (AvgIpc) is 2.74. The molecule has 1 N–H and O–H groups in total. The summed E-state index contributed by atoms with van der Waals surface area (Å²) in [5.41, 5.74) is -1.35. The second-order valence-corrected chi connectivity index (χ2v) is 5.67. The number of aliphatic hydroxyl groups is 1. The number of carbonyl (C=O) groups is 3. The minimum atomic E-state index is -2.62. The van der Waals surface area contributed by atoms with Crippen LogP contribution < -0.4 is 0 Å². The molecule has 0 aliphatic heterocycles. The summed E-state index contributed by atoms with van der Waals surface area (Å²) in [6.07, 6.45) is 1.40. The molecule has 0 saturated carbocycles. The van der Waals surface area contributed by atoms with Gasteiger partial charge in [-0.2, -0.15) is 0 Å². The molecule has 130 valence electrons. The Morgan fingerprint density at radius 1 is 1.17 bits per heavy atom. The van der Waals surface area contributed by atoms with Crippen LogP contribution >= 0.6 is 0 Å². The van der Waals surface area contributed by atoms with Crippen molar-refractivity contribution >= 4 is 17.7 Å². The summed E-state index contributed by atoms with van der Waals surface area (Å²) < 4.78 is 9.73. The average molecular weight is 334 g/mol. The zero-order chi connectivity index (χ0) is 17.7. The predicted molar refractivity (Wildman–Crippen MR) is 85.4 cm³/mol. The molecule has 1 aromatic rings. The number of benzene rings is 1. The highest BCUT2D eigenvalue weighted by Gasteiger charge is 2.56. The number of ether oxygens (including phenoxy) is 2. The number of aryl methyl sites for hydroxylation is 1. The lowest BCUT2D eigenvalue weighted by Gasteiger charge is -2.30. The third-order valence-electron chi connectivity index (χ3n) is 4.22. The molecule has 1 aromatic carbocycles. The third kappa shape index (κ3) is 3.19. The summed E-state index contributed by atoms with van der Waals surface area (Å²) in [6, 6.07) is 7.03. The maximum Gasteiger partial charge on any atom is 0.350 e. The van der Waals surface area contributed by atoms with E-state index in [0.717, 1.165) is 5.56 Å². The maximum absolute atomic E-state index is 12.9. The van der Waals surface area contributed by atoms with Crippen molar-refractivity contribution in [2.24, 2.45) is 5.92 Å². The lowest BCUT2D eigenvalue weighted by atomic mass is 9.79. The molecule has 1 aliphatic carbocycles. The van der Waals surface area contributed by atoms with Gasteiger partial charge in [0.15, 0.2) is 5.78 Å². The molecule has 1 unspecified atom stereocenters. The van der Waals surface area contributed by atoms with Crippen molar-refractivity contribution < 1.29 is 29.0 Å². The number of esters is 2. The zero-order valence-corrected chi connectivity index (χ0v) is 13.9. The molecule has 0 amide bonds. The van der Waals surface area contributed by atoms with Gasteiger partial charge in [0.25, 0.3) is 5.60 Å². The highest BCUT2D eigenvalue weighted by molar-refractivity contribution is 6.12. The van der Waals surface area contributed by atoms with Gasteiger partial charge >= 0.3 is 11.9 Å². The van der Waals surface area contributed by atoms with Crippen molar-refractivity contribution in [3.05, 3.63) is 35.4 Å². The zero-order valence-electron chi connectivity index (χ0n) is 13.9. The van der Waals surface area contributed by atoms with E-state index in [1.807, 2.05) is 12.1 Å². The van der Waals surface area contributed by atoms with E-state index >= 15 is 0 Å². The molecule has 0 fully saturated rings. The summed E-state index contributed by atoms with van der Waals surface area (Å²) in [5, 5.41) is 10.9. The molecule has 0 spiro atoms. The minimum Gasteiger partial charge on any atom is -0.463 e. The normalized spacial score (nSPS) is 17.6. The SMILES string of the molecule is CCOC(=O)C(O)(C(=O)OCC)C1CCCc2ccccc2C1=O. The Morgan fingerprint density at radius 3 is 2.33 bits per heavy atom. The second kappa shape index (κ2) is 7.57. The van der Waals surface area contributed by atoms with Crippen LogP contribution in [0.2, 0.25) is 0 Å². The molecule has 0 saturated heterocycles. The molecular formula is C18H22O6. The molecule has 0 bridgehead atoms. The Balaban J connectivity index is 2.47. The maximum atomic E-state index is 12.9. The van der Waals surface area contributed by atoms with Crippen molar-refractivity contribution in [2.75, 3.05) is 13.2 Å². The topological polar surface area (TPSA) is 89.9 Å². The standard InChI is InChI=1S/C18H22O6/c1-3-23-16(20)18(22,17(21)24-4-2)14-11-7-9-12-8-5-6-10-13(12)15(14)19/h5-6,8,10,14,22H,3-4,7,9,11H2,1-2H3. The van der Waals surface area contributed by atoms with E-state index < -0.39 is 29.2 Å². The number of ketones is 1. The van der Waals surface area contributed by atoms with E-state index in [0.29, 0.717) is 18.4 Å². The van der Waals surface area contributed by atoms with Gasteiger partial charge in [0.1, 0.15) is 0 Å². The Kier molecular flexibility index (Phi) is 5.72.